The number of carbonyl (C=O) groups excluding carboxylic acids is 1. The van der Waals surface area contributed by atoms with Gasteiger partial charge in [-0.1, -0.05) is 60.7 Å². The molecule has 0 aliphatic carbocycles. The van der Waals surface area contributed by atoms with Crippen LogP contribution in [0.2, 0.25) is 0 Å². The van der Waals surface area contributed by atoms with Crippen molar-refractivity contribution >= 4 is 47.7 Å². The Morgan fingerprint density at radius 2 is 1.84 bits per heavy atom. The number of hydrogen-bond acceptors (Lipinski definition) is 8. The van der Waals surface area contributed by atoms with Crippen LogP contribution in [0.5, 0.6) is 0 Å². The molecule has 7 rings (SSSR count). The van der Waals surface area contributed by atoms with Gasteiger partial charge in [0.1, 0.15) is 24.0 Å². The number of benzene rings is 2. The molecule has 2 aliphatic heterocycles. The van der Waals surface area contributed by atoms with Crippen LogP contribution in [-0.2, 0) is 13.8 Å². The summed E-state index contributed by atoms with van der Waals surface area (Å²) in [6.07, 6.45) is -3.01. The van der Waals surface area contributed by atoms with Gasteiger partial charge < -0.3 is 23.9 Å². The van der Waals surface area contributed by atoms with Crippen LogP contribution in [-0.4, -0.2) is 59.7 Å². The highest BCUT2D eigenvalue weighted by molar-refractivity contribution is 9.10. The van der Waals surface area contributed by atoms with Crippen molar-refractivity contribution in [3.8, 4) is 11.3 Å². The van der Waals surface area contributed by atoms with Crippen molar-refractivity contribution in [2.24, 2.45) is 0 Å². The number of aromatic amines is 1. The van der Waals surface area contributed by atoms with Crippen molar-refractivity contribution in [1.82, 2.24) is 23.9 Å². The Morgan fingerprint density at radius 3 is 2.58 bits per heavy atom. The van der Waals surface area contributed by atoms with Crippen LogP contribution in [0.1, 0.15) is 22.3 Å². The Labute approximate surface area is 224 Å². The number of ether oxygens (including phenoxy) is 1. The highest BCUT2D eigenvalue weighted by Gasteiger charge is 2.48. The fourth-order valence-corrected chi connectivity index (χ4v) is 6.22. The molecule has 2 aliphatic rings. The molecule has 2 saturated heterocycles. The molecule has 38 heavy (non-hydrogen) atoms. The van der Waals surface area contributed by atoms with E-state index in [1.165, 1.54) is 8.97 Å². The zero-order valence-corrected chi connectivity index (χ0v) is 22.0. The maximum Gasteiger partial charge on any atom is 0.287 e. The molecule has 0 radical (unpaired) electrons. The number of nitrogens with one attached hydrogen (secondary N) is 1. The number of aliphatic hydroxyl groups excluding tert-OH is 1. The van der Waals surface area contributed by atoms with Gasteiger partial charge >= 0.3 is 0 Å². The van der Waals surface area contributed by atoms with E-state index in [1.54, 1.807) is 24.3 Å². The lowest BCUT2D eigenvalue weighted by molar-refractivity contribution is -0.0529. The van der Waals surface area contributed by atoms with Crippen LogP contribution in [0, 0.1) is 0 Å². The molecular weight excluding hydrogens is 577 g/mol. The largest absolute Gasteiger partial charge is 0.386 e. The molecule has 2 N–H and O–H groups in total. The predicted molar refractivity (Wildman–Crippen MR) is 141 cm³/mol. The van der Waals surface area contributed by atoms with E-state index >= 15 is 0 Å². The smallest absolute Gasteiger partial charge is 0.287 e. The average molecular weight is 596 g/mol. The molecule has 5 atom stereocenters. The molecule has 3 aromatic heterocycles. The number of rotatable bonds is 4. The Balaban J connectivity index is 1.46. The second kappa shape index (κ2) is 9.19. The van der Waals surface area contributed by atoms with Gasteiger partial charge in [0.2, 0.25) is 11.6 Å². The van der Waals surface area contributed by atoms with Gasteiger partial charge in [-0.15, -0.1) is 0 Å². The van der Waals surface area contributed by atoms with Crippen molar-refractivity contribution in [2.45, 2.75) is 24.5 Å². The van der Waals surface area contributed by atoms with E-state index in [0.717, 1.165) is 5.56 Å². The van der Waals surface area contributed by atoms with E-state index in [0.29, 0.717) is 11.3 Å². The van der Waals surface area contributed by atoms with Gasteiger partial charge in [-0.2, -0.15) is 4.98 Å². The third-order valence-corrected chi connectivity index (χ3v) is 7.95. The first-order valence-electron chi connectivity index (χ1n) is 11.8. The van der Waals surface area contributed by atoms with E-state index < -0.39 is 30.1 Å². The first kappa shape index (κ1) is 23.8. The van der Waals surface area contributed by atoms with Crippen molar-refractivity contribution in [3.63, 3.8) is 0 Å². The SMILES string of the molecule is O=C(c1ccccc1)c1c(-c2ccccc2)[nH]c2nc3c(nc(Br)n3C3OC4COPOC4C3O)c(=O)n12. The third-order valence-electron chi connectivity index (χ3n) is 6.74. The first-order chi connectivity index (χ1) is 18.5. The van der Waals surface area contributed by atoms with Crippen LogP contribution in [0.4, 0.5) is 0 Å². The average Bonchev–Trinajstić information content (AvgIpc) is 3.60. The van der Waals surface area contributed by atoms with Crippen molar-refractivity contribution in [1.29, 1.82) is 0 Å². The molecule has 5 heterocycles. The molecule has 0 saturated carbocycles. The summed E-state index contributed by atoms with van der Waals surface area (Å²) in [6.45, 7) is 0.281. The van der Waals surface area contributed by atoms with Gasteiger partial charge in [0.15, 0.2) is 31.2 Å². The number of ketones is 1. The number of nitrogens with zero attached hydrogens (tertiary/aromatic N) is 4. The third kappa shape index (κ3) is 3.60. The van der Waals surface area contributed by atoms with Gasteiger partial charge in [-0.25, -0.2) is 9.38 Å². The summed E-state index contributed by atoms with van der Waals surface area (Å²) >= 11 is 3.40. The maximum atomic E-state index is 13.9. The minimum Gasteiger partial charge on any atom is -0.386 e. The minimum atomic E-state index is -1.04. The van der Waals surface area contributed by atoms with Gasteiger partial charge in [-0.05, 0) is 15.9 Å². The van der Waals surface area contributed by atoms with Crippen LogP contribution in [0.15, 0.2) is 70.2 Å². The molecule has 11 nitrogen and oxygen atoms in total. The monoisotopic (exact) mass is 595 g/mol. The fraction of sp³-hybridized carbons (Fsp3) is 0.200. The number of imidazole rings is 2. The second-order valence-corrected chi connectivity index (χ2v) is 10.3. The van der Waals surface area contributed by atoms with E-state index in [-0.39, 0.29) is 48.8 Å². The summed E-state index contributed by atoms with van der Waals surface area (Å²) in [5.74, 6) is -0.186. The summed E-state index contributed by atoms with van der Waals surface area (Å²) in [5.41, 5.74) is 1.42. The molecule has 0 spiro atoms. The molecule has 5 aromatic rings. The molecule has 0 amide bonds. The van der Waals surface area contributed by atoms with Gasteiger partial charge in [0.25, 0.3) is 5.56 Å². The van der Waals surface area contributed by atoms with E-state index in [4.69, 9.17) is 18.8 Å². The highest BCUT2D eigenvalue weighted by atomic mass is 79.9. The quantitative estimate of drug-likeness (QED) is 0.184. The van der Waals surface area contributed by atoms with Gasteiger partial charge in [0, 0.05) is 11.1 Å². The summed E-state index contributed by atoms with van der Waals surface area (Å²) in [6, 6.07) is 18.0. The maximum absolute atomic E-state index is 13.9. The Bertz CT molecular complexity index is 1750. The number of H-pyrrole nitrogens is 1. The first-order valence-corrected chi connectivity index (χ1v) is 13.4. The molecule has 2 aromatic carbocycles. The Hall–Kier alpha value is -3.25. The highest BCUT2D eigenvalue weighted by Crippen LogP contribution is 2.41. The molecule has 2 fully saturated rings. The van der Waals surface area contributed by atoms with Crippen LogP contribution in [0.25, 0.3) is 28.2 Å². The summed E-state index contributed by atoms with van der Waals surface area (Å²) in [5, 5.41) is 11.0. The standard InChI is InChI=1S/C25H19BrN5O6P/c26-24-27-16-21(31(24)23-19(33)20-14(36-23)11-35-38-37-20)29-25-28-15(12-7-3-1-4-8-12)17(30(25)22(16)34)18(32)13-9-5-2-6-10-13/h1-10,14,19-20,23,33,38H,11H2,(H,28,29). The van der Waals surface area contributed by atoms with Crippen LogP contribution >= 0.6 is 25.0 Å². The van der Waals surface area contributed by atoms with E-state index in [9.17, 15) is 14.7 Å². The fourth-order valence-electron chi connectivity index (χ4n) is 4.97. The van der Waals surface area contributed by atoms with E-state index in [1.807, 2.05) is 36.4 Å². The van der Waals surface area contributed by atoms with Gasteiger partial charge in [-0.3, -0.25) is 14.2 Å². The lowest BCUT2D eigenvalue weighted by Gasteiger charge is -2.24. The number of hydrogen-bond donors (Lipinski definition) is 2. The molecule has 5 unspecified atom stereocenters. The van der Waals surface area contributed by atoms with E-state index in [2.05, 4.69) is 25.9 Å². The molecular formula is C25H19BrN5O6P. The molecule has 13 heteroatoms. The van der Waals surface area contributed by atoms with Gasteiger partial charge in [0.05, 0.1) is 12.3 Å². The Morgan fingerprint density at radius 1 is 1.11 bits per heavy atom. The van der Waals surface area contributed by atoms with Crippen LogP contribution in [0.3, 0.4) is 0 Å². The van der Waals surface area contributed by atoms with Crippen molar-refractivity contribution < 1.29 is 23.7 Å². The van der Waals surface area contributed by atoms with Crippen molar-refractivity contribution in [2.75, 3.05) is 6.61 Å². The molecule has 192 valence electrons. The number of fused-ring (bicyclic) bond motifs is 3. The minimum absolute atomic E-state index is 0.0137. The lowest BCUT2D eigenvalue weighted by Crippen LogP contribution is -2.36. The Kier molecular flexibility index (Phi) is 5.77. The number of carbonyl (C=O) groups is 1. The summed E-state index contributed by atoms with van der Waals surface area (Å²) in [7, 11) is -0.191. The predicted octanol–water partition coefficient (Wildman–Crippen LogP) is 3.22. The topological polar surface area (TPSA) is 133 Å². The zero-order valence-electron chi connectivity index (χ0n) is 19.4. The van der Waals surface area contributed by atoms with Crippen molar-refractivity contribution in [3.05, 3.63) is 87.0 Å². The number of halogens is 1. The number of aromatic nitrogens is 5. The van der Waals surface area contributed by atoms with Crippen LogP contribution < -0.4 is 5.56 Å². The number of aliphatic hydroxyl groups is 1. The summed E-state index contributed by atoms with van der Waals surface area (Å²) in [4.78, 5) is 40.0. The zero-order chi connectivity index (χ0) is 26.0. The molecule has 0 bridgehead atoms. The normalized spacial score (nSPS) is 23.8. The summed E-state index contributed by atoms with van der Waals surface area (Å²) < 4.78 is 20.0. The lowest BCUT2D eigenvalue weighted by atomic mass is 10.0. The second-order valence-electron chi connectivity index (χ2n) is 8.94.